The monoisotopic (exact) mass is 250 g/mol. The van der Waals surface area contributed by atoms with E-state index in [1.54, 1.807) is 0 Å². The van der Waals surface area contributed by atoms with Gasteiger partial charge in [-0.25, -0.2) is 0 Å². The summed E-state index contributed by atoms with van der Waals surface area (Å²) in [5.74, 6) is 0.781. The number of carbonyl (C=O) groups is 1. The summed E-state index contributed by atoms with van der Waals surface area (Å²) < 4.78 is 5.39. The van der Waals surface area contributed by atoms with Gasteiger partial charge in [-0.1, -0.05) is 6.07 Å². The maximum Gasteiger partial charge on any atom is 0.239 e. The standard InChI is InChI=1S/C14H22N2O2/c1-5-18-12-8-6-7-11(9-12)15-10-13(17)16-14(2,3)4/h6-9,15H,5,10H2,1-4H3,(H,16,17). The molecule has 0 radical (unpaired) electrons. The highest BCUT2D eigenvalue weighted by atomic mass is 16.5. The minimum Gasteiger partial charge on any atom is -0.494 e. The van der Waals surface area contributed by atoms with E-state index in [1.807, 2.05) is 52.0 Å². The Morgan fingerprint density at radius 1 is 1.33 bits per heavy atom. The summed E-state index contributed by atoms with van der Waals surface area (Å²) in [5, 5.41) is 5.97. The molecule has 0 spiro atoms. The van der Waals surface area contributed by atoms with Gasteiger partial charge in [-0.15, -0.1) is 0 Å². The Morgan fingerprint density at radius 2 is 2.06 bits per heavy atom. The van der Waals surface area contributed by atoms with E-state index in [0.717, 1.165) is 11.4 Å². The molecule has 2 N–H and O–H groups in total. The lowest BCUT2D eigenvalue weighted by Gasteiger charge is -2.20. The summed E-state index contributed by atoms with van der Waals surface area (Å²) in [6.07, 6.45) is 0. The SMILES string of the molecule is CCOc1cccc(NCC(=O)NC(C)(C)C)c1. The van der Waals surface area contributed by atoms with Crippen LogP contribution in [0.1, 0.15) is 27.7 Å². The highest BCUT2D eigenvalue weighted by Gasteiger charge is 2.13. The first-order valence-corrected chi connectivity index (χ1v) is 6.18. The second-order valence-corrected chi connectivity index (χ2v) is 5.11. The Kier molecular flexibility index (Phi) is 5.01. The van der Waals surface area contributed by atoms with Gasteiger partial charge >= 0.3 is 0 Å². The number of hydrogen-bond acceptors (Lipinski definition) is 3. The highest BCUT2D eigenvalue weighted by molar-refractivity contribution is 5.81. The third kappa shape index (κ3) is 5.57. The van der Waals surface area contributed by atoms with Crippen LogP contribution in [0.15, 0.2) is 24.3 Å². The van der Waals surface area contributed by atoms with Crippen LogP contribution in [0.25, 0.3) is 0 Å². The lowest BCUT2D eigenvalue weighted by Crippen LogP contribution is -2.43. The summed E-state index contributed by atoms with van der Waals surface area (Å²) >= 11 is 0. The second kappa shape index (κ2) is 6.28. The molecule has 1 rings (SSSR count). The third-order valence-corrected chi connectivity index (χ3v) is 2.11. The number of hydrogen-bond donors (Lipinski definition) is 2. The van der Waals surface area contributed by atoms with E-state index in [1.165, 1.54) is 0 Å². The van der Waals surface area contributed by atoms with Crippen LogP contribution in [-0.4, -0.2) is 24.6 Å². The molecule has 1 aromatic carbocycles. The molecule has 18 heavy (non-hydrogen) atoms. The number of amides is 1. The molecular weight excluding hydrogens is 228 g/mol. The van der Waals surface area contributed by atoms with Crippen LogP contribution in [0, 0.1) is 0 Å². The van der Waals surface area contributed by atoms with Crippen molar-refractivity contribution in [3.8, 4) is 5.75 Å². The van der Waals surface area contributed by atoms with Crippen molar-refractivity contribution in [2.75, 3.05) is 18.5 Å². The molecule has 0 saturated heterocycles. The van der Waals surface area contributed by atoms with Crippen molar-refractivity contribution < 1.29 is 9.53 Å². The molecule has 4 heteroatoms. The van der Waals surface area contributed by atoms with Crippen molar-refractivity contribution in [3.05, 3.63) is 24.3 Å². The highest BCUT2D eigenvalue weighted by Crippen LogP contribution is 2.16. The molecule has 1 aromatic rings. The molecule has 0 fully saturated rings. The van der Waals surface area contributed by atoms with Crippen molar-refractivity contribution >= 4 is 11.6 Å². The van der Waals surface area contributed by atoms with E-state index in [2.05, 4.69) is 10.6 Å². The fourth-order valence-corrected chi connectivity index (χ4v) is 1.51. The first kappa shape index (κ1) is 14.4. The first-order valence-electron chi connectivity index (χ1n) is 6.18. The number of ether oxygens (including phenoxy) is 1. The molecule has 0 atom stereocenters. The Balaban J connectivity index is 2.48. The molecule has 0 aliphatic heterocycles. The number of nitrogens with one attached hydrogen (secondary N) is 2. The summed E-state index contributed by atoms with van der Waals surface area (Å²) in [6.45, 7) is 8.71. The van der Waals surface area contributed by atoms with Crippen LogP contribution in [0.4, 0.5) is 5.69 Å². The maximum atomic E-state index is 11.6. The van der Waals surface area contributed by atoms with E-state index >= 15 is 0 Å². The normalized spacial score (nSPS) is 10.9. The fraction of sp³-hybridized carbons (Fsp3) is 0.500. The molecule has 0 heterocycles. The van der Waals surface area contributed by atoms with E-state index < -0.39 is 0 Å². The van der Waals surface area contributed by atoms with E-state index in [4.69, 9.17) is 4.74 Å². The summed E-state index contributed by atoms with van der Waals surface area (Å²) in [6, 6.07) is 7.58. The molecule has 0 saturated carbocycles. The van der Waals surface area contributed by atoms with Crippen molar-refractivity contribution in [2.24, 2.45) is 0 Å². The van der Waals surface area contributed by atoms with Crippen LogP contribution in [0.2, 0.25) is 0 Å². The van der Waals surface area contributed by atoms with Gasteiger partial charge in [0.1, 0.15) is 5.75 Å². The molecule has 0 aromatic heterocycles. The lowest BCUT2D eigenvalue weighted by molar-refractivity contribution is -0.120. The van der Waals surface area contributed by atoms with Crippen LogP contribution in [-0.2, 0) is 4.79 Å². The van der Waals surface area contributed by atoms with Gasteiger partial charge in [0, 0.05) is 17.3 Å². The van der Waals surface area contributed by atoms with Gasteiger partial charge in [0.2, 0.25) is 5.91 Å². The number of benzene rings is 1. The molecular formula is C14H22N2O2. The van der Waals surface area contributed by atoms with Gasteiger partial charge in [0.15, 0.2) is 0 Å². The molecule has 1 amide bonds. The molecule has 0 unspecified atom stereocenters. The van der Waals surface area contributed by atoms with E-state index in [-0.39, 0.29) is 18.0 Å². The Hall–Kier alpha value is -1.71. The Morgan fingerprint density at radius 3 is 2.67 bits per heavy atom. The Bertz CT molecular complexity index is 397. The molecule has 0 bridgehead atoms. The summed E-state index contributed by atoms with van der Waals surface area (Å²) in [4.78, 5) is 11.6. The van der Waals surface area contributed by atoms with Gasteiger partial charge in [-0.3, -0.25) is 4.79 Å². The molecule has 0 aliphatic rings. The number of rotatable bonds is 5. The molecule has 0 aliphatic carbocycles. The van der Waals surface area contributed by atoms with Gasteiger partial charge < -0.3 is 15.4 Å². The van der Waals surface area contributed by atoms with Crippen molar-refractivity contribution in [3.63, 3.8) is 0 Å². The minimum atomic E-state index is -0.202. The zero-order valence-corrected chi connectivity index (χ0v) is 11.5. The van der Waals surface area contributed by atoms with Crippen LogP contribution >= 0.6 is 0 Å². The number of carbonyl (C=O) groups excluding carboxylic acids is 1. The summed E-state index contributed by atoms with van der Waals surface area (Å²) in [5.41, 5.74) is 0.677. The van der Waals surface area contributed by atoms with E-state index in [9.17, 15) is 4.79 Å². The average Bonchev–Trinajstić information content (AvgIpc) is 2.25. The van der Waals surface area contributed by atoms with Crippen LogP contribution in [0.5, 0.6) is 5.75 Å². The summed E-state index contributed by atoms with van der Waals surface area (Å²) in [7, 11) is 0. The Labute approximate surface area is 109 Å². The van der Waals surface area contributed by atoms with Crippen LogP contribution in [0.3, 0.4) is 0 Å². The second-order valence-electron chi connectivity index (χ2n) is 5.11. The fourth-order valence-electron chi connectivity index (χ4n) is 1.51. The van der Waals surface area contributed by atoms with Gasteiger partial charge in [-0.05, 0) is 39.8 Å². The van der Waals surface area contributed by atoms with Gasteiger partial charge in [0.25, 0.3) is 0 Å². The number of anilines is 1. The van der Waals surface area contributed by atoms with Gasteiger partial charge in [0.05, 0.1) is 13.2 Å². The average molecular weight is 250 g/mol. The van der Waals surface area contributed by atoms with Crippen molar-refractivity contribution in [1.29, 1.82) is 0 Å². The topological polar surface area (TPSA) is 50.4 Å². The van der Waals surface area contributed by atoms with Crippen molar-refractivity contribution in [2.45, 2.75) is 33.2 Å². The van der Waals surface area contributed by atoms with Gasteiger partial charge in [-0.2, -0.15) is 0 Å². The quantitative estimate of drug-likeness (QED) is 0.843. The maximum absolute atomic E-state index is 11.6. The third-order valence-electron chi connectivity index (χ3n) is 2.11. The minimum absolute atomic E-state index is 0.0238. The zero-order chi connectivity index (χ0) is 13.6. The molecule has 100 valence electrons. The van der Waals surface area contributed by atoms with E-state index in [0.29, 0.717) is 6.61 Å². The largest absolute Gasteiger partial charge is 0.494 e. The zero-order valence-electron chi connectivity index (χ0n) is 11.5. The van der Waals surface area contributed by atoms with Crippen LogP contribution < -0.4 is 15.4 Å². The lowest BCUT2D eigenvalue weighted by atomic mass is 10.1. The first-order chi connectivity index (χ1) is 8.40. The van der Waals surface area contributed by atoms with Crippen molar-refractivity contribution in [1.82, 2.24) is 5.32 Å². The molecule has 4 nitrogen and oxygen atoms in total. The predicted molar refractivity (Wildman–Crippen MR) is 74.0 cm³/mol. The smallest absolute Gasteiger partial charge is 0.239 e. The predicted octanol–water partition coefficient (Wildman–Crippen LogP) is 2.41.